The number of amides is 2. The molecule has 7 heteroatoms. The van der Waals surface area contributed by atoms with E-state index in [-0.39, 0.29) is 23.8 Å². The normalized spacial score (nSPS) is 20.0. The highest BCUT2D eigenvalue weighted by Gasteiger charge is 2.30. The van der Waals surface area contributed by atoms with Gasteiger partial charge in [0.15, 0.2) is 0 Å². The predicted molar refractivity (Wildman–Crippen MR) is 91.4 cm³/mol. The molecule has 0 spiro atoms. The summed E-state index contributed by atoms with van der Waals surface area (Å²) >= 11 is 0. The molecular weight excluding hydrogens is 310 g/mol. The van der Waals surface area contributed by atoms with Crippen molar-refractivity contribution in [3.8, 4) is 0 Å². The number of rotatable bonds is 9. The van der Waals surface area contributed by atoms with Crippen LogP contribution in [0, 0.1) is 11.8 Å². The molecule has 0 radical (unpaired) electrons. The van der Waals surface area contributed by atoms with Crippen molar-refractivity contribution in [1.82, 2.24) is 16.0 Å². The third-order valence-electron chi connectivity index (χ3n) is 4.04. The van der Waals surface area contributed by atoms with Gasteiger partial charge in [-0.1, -0.05) is 27.7 Å². The number of nitrogens with one attached hydrogen (secondary N) is 3. The van der Waals surface area contributed by atoms with Crippen molar-refractivity contribution in [2.24, 2.45) is 11.8 Å². The molecule has 0 bridgehead atoms. The Morgan fingerprint density at radius 3 is 2.08 bits per heavy atom. The second kappa shape index (κ2) is 9.61. The summed E-state index contributed by atoms with van der Waals surface area (Å²) in [7, 11) is 0. The smallest absolute Gasteiger partial charge is 0.326 e. The van der Waals surface area contributed by atoms with Gasteiger partial charge >= 0.3 is 5.97 Å². The molecule has 0 aromatic rings. The molecule has 24 heavy (non-hydrogen) atoms. The molecule has 4 N–H and O–H groups in total. The van der Waals surface area contributed by atoms with Gasteiger partial charge in [-0.05, 0) is 44.1 Å². The van der Waals surface area contributed by atoms with E-state index in [0.29, 0.717) is 12.8 Å². The molecule has 3 atom stereocenters. The number of carbonyl (C=O) groups excluding carboxylic acids is 2. The summed E-state index contributed by atoms with van der Waals surface area (Å²) < 4.78 is 0. The van der Waals surface area contributed by atoms with Crippen molar-refractivity contribution in [3.05, 3.63) is 0 Å². The average molecular weight is 341 g/mol. The van der Waals surface area contributed by atoms with Gasteiger partial charge in [0.2, 0.25) is 11.8 Å². The molecule has 0 aromatic carbocycles. The predicted octanol–water partition coefficient (Wildman–Crippen LogP) is 0.885. The lowest BCUT2D eigenvalue weighted by Crippen LogP contribution is -2.54. The maximum absolute atomic E-state index is 12.5. The first kappa shape index (κ1) is 20.4. The minimum absolute atomic E-state index is 0.146. The number of aliphatic carboxylic acids is 1. The van der Waals surface area contributed by atoms with Crippen LogP contribution < -0.4 is 16.0 Å². The highest BCUT2D eigenvalue weighted by Crippen LogP contribution is 2.10. The molecule has 1 heterocycles. The van der Waals surface area contributed by atoms with E-state index >= 15 is 0 Å². The minimum Gasteiger partial charge on any atom is -0.480 e. The first-order chi connectivity index (χ1) is 11.2. The standard InChI is InChI=1S/C17H31N3O4/c1-10(2)8-13(19-15(21)12-6-5-7-18-12)16(22)20-14(17(23)24)9-11(3)4/h10-14,18H,5-9H2,1-4H3,(H,19,21)(H,20,22)(H,23,24)/t12-,13-,14-/m0/s1. The summed E-state index contributed by atoms with van der Waals surface area (Å²) in [6.07, 6.45) is 2.52. The molecule has 0 aliphatic carbocycles. The SMILES string of the molecule is CC(C)C[C@H](NC(=O)[C@H](CC(C)C)NC(=O)[C@@H]1CCCN1)C(=O)O. The van der Waals surface area contributed by atoms with Crippen LogP contribution in [0.1, 0.15) is 53.4 Å². The minimum atomic E-state index is -1.05. The molecule has 1 aliphatic rings. The molecule has 2 amide bonds. The Morgan fingerprint density at radius 1 is 1.04 bits per heavy atom. The lowest BCUT2D eigenvalue weighted by Gasteiger charge is -2.24. The van der Waals surface area contributed by atoms with Gasteiger partial charge in [0.1, 0.15) is 12.1 Å². The van der Waals surface area contributed by atoms with Crippen molar-refractivity contribution in [2.75, 3.05) is 6.54 Å². The van der Waals surface area contributed by atoms with E-state index in [4.69, 9.17) is 0 Å². The van der Waals surface area contributed by atoms with Crippen molar-refractivity contribution in [1.29, 1.82) is 0 Å². The molecule has 1 rings (SSSR count). The number of carboxylic acid groups (broad SMARTS) is 1. The van der Waals surface area contributed by atoms with Gasteiger partial charge in [0.05, 0.1) is 6.04 Å². The van der Waals surface area contributed by atoms with Crippen LogP contribution in [0.25, 0.3) is 0 Å². The number of hydrogen-bond acceptors (Lipinski definition) is 4. The Morgan fingerprint density at radius 2 is 1.62 bits per heavy atom. The summed E-state index contributed by atoms with van der Waals surface area (Å²) in [5, 5.41) is 17.7. The summed E-state index contributed by atoms with van der Waals surface area (Å²) in [6.45, 7) is 8.53. The van der Waals surface area contributed by atoms with Gasteiger partial charge in [-0.15, -0.1) is 0 Å². The van der Waals surface area contributed by atoms with E-state index in [9.17, 15) is 19.5 Å². The first-order valence-electron chi connectivity index (χ1n) is 8.77. The fourth-order valence-corrected chi connectivity index (χ4v) is 2.85. The molecule has 138 valence electrons. The van der Waals surface area contributed by atoms with Crippen LogP contribution in [0.4, 0.5) is 0 Å². The maximum Gasteiger partial charge on any atom is 0.326 e. The van der Waals surface area contributed by atoms with Crippen molar-refractivity contribution in [3.63, 3.8) is 0 Å². The third kappa shape index (κ3) is 6.86. The Labute approximate surface area is 144 Å². The first-order valence-corrected chi connectivity index (χ1v) is 8.77. The van der Waals surface area contributed by atoms with Crippen molar-refractivity contribution in [2.45, 2.75) is 71.5 Å². The second-order valence-corrected chi connectivity index (χ2v) is 7.37. The van der Waals surface area contributed by atoms with E-state index in [2.05, 4.69) is 16.0 Å². The van der Waals surface area contributed by atoms with Crippen LogP contribution in [0.15, 0.2) is 0 Å². The van der Waals surface area contributed by atoms with Gasteiger partial charge in [-0.2, -0.15) is 0 Å². The van der Waals surface area contributed by atoms with Crippen molar-refractivity contribution < 1.29 is 19.5 Å². The molecule has 0 saturated carbocycles. The fraction of sp³-hybridized carbons (Fsp3) is 0.824. The molecule has 1 saturated heterocycles. The third-order valence-corrected chi connectivity index (χ3v) is 4.04. The Bertz CT molecular complexity index is 445. The van der Waals surface area contributed by atoms with Crippen LogP contribution in [0.2, 0.25) is 0 Å². The van der Waals surface area contributed by atoms with Crippen LogP contribution in [0.3, 0.4) is 0 Å². The zero-order valence-corrected chi connectivity index (χ0v) is 15.1. The molecule has 1 aliphatic heterocycles. The van der Waals surface area contributed by atoms with E-state index in [1.165, 1.54) is 0 Å². The van der Waals surface area contributed by atoms with Crippen LogP contribution in [-0.2, 0) is 14.4 Å². The van der Waals surface area contributed by atoms with Crippen LogP contribution in [-0.4, -0.2) is 47.6 Å². The van der Waals surface area contributed by atoms with E-state index in [1.54, 1.807) is 0 Å². The lowest BCUT2D eigenvalue weighted by atomic mass is 10.00. The summed E-state index contributed by atoms with van der Waals surface area (Å²) in [5.74, 6) is -1.32. The second-order valence-electron chi connectivity index (χ2n) is 7.37. The largest absolute Gasteiger partial charge is 0.480 e. The topological polar surface area (TPSA) is 108 Å². The number of carbonyl (C=O) groups is 3. The highest BCUT2D eigenvalue weighted by molar-refractivity contribution is 5.91. The highest BCUT2D eigenvalue weighted by atomic mass is 16.4. The monoisotopic (exact) mass is 341 g/mol. The Hall–Kier alpha value is -1.63. The lowest BCUT2D eigenvalue weighted by molar-refractivity contribution is -0.142. The summed E-state index contributed by atoms with van der Waals surface area (Å²) in [4.78, 5) is 36.1. The zero-order valence-electron chi connectivity index (χ0n) is 15.1. The van der Waals surface area contributed by atoms with Gasteiger partial charge in [0.25, 0.3) is 0 Å². The quantitative estimate of drug-likeness (QED) is 0.498. The molecule has 0 aromatic heterocycles. The molecule has 7 nitrogen and oxygen atoms in total. The summed E-state index contributed by atoms with van der Waals surface area (Å²) in [5.41, 5.74) is 0. The number of carboxylic acids is 1. The average Bonchev–Trinajstić information content (AvgIpc) is 2.98. The van der Waals surface area contributed by atoms with Crippen LogP contribution >= 0.6 is 0 Å². The number of hydrogen-bond donors (Lipinski definition) is 4. The van der Waals surface area contributed by atoms with E-state index < -0.39 is 24.0 Å². The molecule has 1 fully saturated rings. The van der Waals surface area contributed by atoms with Crippen LogP contribution in [0.5, 0.6) is 0 Å². The Kier molecular flexibility index (Phi) is 8.18. The maximum atomic E-state index is 12.5. The Balaban J connectivity index is 2.72. The van der Waals surface area contributed by atoms with Gasteiger partial charge in [-0.25, -0.2) is 4.79 Å². The fourth-order valence-electron chi connectivity index (χ4n) is 2.85. The van der Waals surface area contributed by atoms with E-state index in [0.717, 1.165) is 19.4 Å². The van der Waals surface area contributed by atoms with Gasteiger partial charge < -0.3 is 21.1 Å². The zero-order chi connectivity index (χ0) is 18.3. The molecular formula is C17H31N3O4. The van der Waals surface area contributed by atoms with Crippen molar-refractivity contribution >= 4 is 17.8 Å². The van der Waals surface area contributed by atoms with Gasteiger partial charge in [0, 0.05) is 0 Å². The summed E-state index contributed by atoms with van der Waals surface area (Å²) in [6, 6.07) is -1.92. The van der Waals surface area contributed by atoms with Gasteiger partial charge in [-0.3, -0.25) is 9.59 Å². The van der Waals surface area contributed by atoms with E-state index in [1.807, 2.05) is 27.7 Å². The molecule has 0 unspecified atom stereocenters.